The third-order valence-corrected chi connectivity index (χ3v) is 5.89. The van der Waals surface area contributed by atoms with E-state index in [1.54, 1.807) is 19.1 Å². The van der Waals surface area contributed by atoms with Gasteiger partial charge in [0.15, 0.2) is 6.10 Å². The smallest absolute Gasteiger partial charge is 0.261 e. The maximum atomic E-state index is 12.4. The molecule has 7 heteroatoms. The molecule has 1 atom stereocenters. The molecule has 6 nitrogen and oxygen atoms in total. The average Bonchev–Trinajstić information content (AvgIpc) is 3.05. The van der Waals surface area contributed by atoms with Crippen LogP contribution in [0.15, 0.2) is 47.4 Å². The molecule has 1 amide bonds. The molecule has 0 bridgehead atoms. The van der Waals surface area contributed by atoms with Gasteiger partial charge >= 0.3 is 0 Å². The summed E-state index contributed by atoms with van der Waals surface area (Å²) in [5.41, 5.74) is 2.56. The molecule has 2 aromatic carbocycles. The number of fused-ring (bicyclic) bond motifs is 1. The van der Waals surface area contributed by atoms with Crippen molar-refractivity contribution < 1.29 is 17.9 Å². The molecule has 0 spiro atoms. The molecule has 138 valence electrons. The number of sulfonamides is 1. The Morgan fingerprint density at radius 3 is 2.69 bits per heavy atom. The topological polar surface area (TPSA) is 84.5 Å². The molecule has 0 saturated heterocycles. The van der Waals surface area contributed by atoms with Crippen molar-refractivity contribution in [2.45, 2.75) is 31.3 Å². The highest BCUT2D eigenvalue weighted by Gasteiger charge is 2.28. The van der Waals surface area contributed by atoms with Gasteiger partial charge in [-0.1, -0.05) is 30.3 Å². The predicted octanol–water partition coefficient (Wildman–Crippen LogP) is 1.70. The number of ether oxygens (including phenoxy) is 1. The van der Waals surface area contributed by atoms with E-state index in [9.17, 15) is 13.2 Å². The van der Waals surface area contributed by atoms with Gasteiger partial charge in [-0.05, 0) is 42.7 Å². The first kappa shape index (κ1) is 18.4. The molecular weight excluding hydrogens is 352 g/mol. The fourth-order valence-corrected chi connectivity index (χ4v) is 4.25. The Hall–Kier alpha value is -2.38. The summed E-state index contributed by atoms with van der Waals surface area (Å²) < 4.78 is 33.0. The molecule has 3 rings (SSSR count). The van der Waals surface area contributed by atoms with Gasteiger partial charge < -0.3 is 10.1 Å². The van der Waals surface area contributed by atoms with Gasteiger partial charge in [-0.25, -0.2) is 13.1 Å². The number of para-hydroxylation sites is 1. The van der Waals surface area contributed by atoms with Crippen LogP contribution in [0.1, 0.15) is 16.7 Å². The van der Waals surface area contributed by atoms with Gasteiger partial charge in [-0.2, -0.15) is 0 Å². The Kier molecular flexibility index (Phi) is 5.29. The number of carbonyl (C=O) groups excluding carboxylic acids is 1. The second-order valence-corrected chi connectivity index (χ2v) is 8.11. The van der Waals surface area contributed by atoms with Crippen molar-refractivity contribution in [1.29, 1.82) is 0 Å². The van der Waals surface area contributed by atoms with Gasteiger partial charge in [0, 0.05) is 19.5 Å². The van der Waals surface area contributed by atoms with E-state index in [0.29, 0.717) is 12.0 Å². The lowest BCUT2D eigenvalue weighted by molar-refractivity contribution is -0.127. The first-order chi connectivity index (χ1) is 12.4. The Morgan fingerprint density at radius 1 is 1.15 bits per heavy atom. The van der Waals surface area contributed by atoms with Crippen LogP contribution in [-0.2, 0) is 21.2 Å². The summed E-state index contributed by atoms with van der Waals surface area (Å²) in [5.74, 6) is 0.482. The van der Waals surface area contributed by atoms with Crippen LogP contribution in [-0.4, -0.2) is 33.5 Å². The summed E-state index contributed by atoms with van der Waals surface area (Å²) in [4.78, 5) is 12.5. The normalized spacial score (nSPS) is 16.0. The number of benzene rings is 2. The summed E-state index contributed by atoms with van der Waals surface area (Å²) >= 11 is 0. The summed E-state index contributed by atoms with van der Waals surface area (Å²) in [5, 5.41) is 2.72. The van der Waals surface area contributed by atoms with Crippen LogP contribution in [0.5, 0.6) is 5.75 Å². The van der Waals surface area contributed by atoms with Crippen molar-refractivity contribution in [3.63, 3.8) is 0 Å². The van der Waals surface area contributed by atoms with E-state index >= 15 is 0 Å². The molecule has 0 saturated carbocycles. The molecule has 0 unspecified atom stereocenters. The predicted molar refractivity (Wildman–Crippen MR) is 98.7 cm³/mol. The highest BCUT2D eigenvalue weighted by Crippen LogP contribution is 2.28. The fourth-order valence-electron chi connectivity index (χ4n) is 2.89. The molecule has 1 aliphatic heterocycles. The van der Waals surface area contributed by atoms with Crippen molar-refractivity contribution in [3.8, 4) is 5.75 Å². The molecule has 0 aliphatic carbocycles. The van der Waals surface area contributed by atoms with Crippen LogP contribution >= 0.6 is 0 Å². The maximum Gasteiger partial charge on any atom is 0.261 e. The van der Waals surface area contributed by atoms with Crippen molar-refractivity contribution >= 4 is 15.9 Å². The lowest BCUT2D eigenvalue weighted by Gasteiger charge is -2.13. The first-order valence-corrected chi connectivity index (χ1v) is 9.94. The van der Waals surface area contributed by atoms with Gasteiger partial charge in [0.1, 0.15) is 5.75 Å². The fraction of sp³-hybridized carbons (Fsp3) is 0.316. The minimum absolute atomic E-state index is 0.112. The van der Waals surface area contributed by atoms with Crippen LogP contribution < -0.4 is 14.8 Å². The number of hydrogen-bond acceptors (Lipinski definition) is 4. The zero-order valence-corrected chi connectivity index (χ0v) is 15.6. The number of rotatable bonds is 6. The van der Waals surface area contributed by atoms with Gasteiger partial charge in [0.2, 0.25) is 10.0 Å². The number of nitrogens with one attached hydrogen (secondary N) is 2. The Bertz CT molecular complexity index is 900. The van der Waals surface area contributed by atoms with E-state index in [0.717, 1.165) is 16.9 Å². The molecule has 2 N–H and O–H groups in total. The standard InChI is InChI=1S/C19H22N2O4S/c1-13-7-8-14(2)18(11-13)26(23,24)21-10-9-20-19(22)17-12-15-5-3-4-6-16(15)25-17/h3-8,11,17,21H,9-10,12H2,1-2H3,(H,20,22)/t17-/m0/s1. The monoisotopic (exact) mass is 374 g/mol. The van der Waals surface area contributed by atoms with Crippen LogP contribution in [0.3, 0.4) is 0 Å². The third kappa shape index (κ3) is 4.05. The van der Waals surface area contributed by atoms with E-state index < -0.39 is 16.1 Å². The maximum absolute atomic E-state index is 12.4. The number of aryl methyl sites for hydroxylation is 2. The van der Waals surface area contributed by atoms with Crippen molar-refractivity contribution in [2.24, 2.45) is 0 Å². The summed E-state index contributed by atoms with van der Waals surface area (Å²) in [7, 11) is -3.61. The highest BCUT2D eigenvalue weighted by atomic mass is 32.2. The van der Waals surface area contributed by atoms with E-state index in [-0.39, 0.29) is 23.9 Å². The van der Waals surface area contributed by atoms with Crippen molar-refractivity contribution in [3.05, 3.63) is 59.2 Å². The lowest BCUT2D eigenvalue weighted by atomic mass is 10.1. The molecular formula is C19H22N2O4S. The van der Waals surface area contributed by atoms with Gasteiger partial charge in [0.05, 0.1) is 4.90 Å². The number of carbonyl (C=O) groups is 1. The van der Waals surface area contributed by atoms with Gasteiger partial charge in [-0.15, -0.1) is 0 Å². The van der Waals surface area contributed by atoms with Crippen LogP contribution in [0.4, 0.5) is 0 Å². The molecule has 0 fully saturated rings. The van der Waals surface area contributed by atoms with E-state index in [4.69, 9.17) is 4.74 Å². The lowest BCUT2D eigenvalue weighted by Crippen LogP contribution is -2.41. The van der Waals surface area contributed by atoms with Crippen molar-refractivity contribution in [2.75, 3.05) is 13.1 Å². The highest BCUT2D eigenvalue weighted by molar-refractivity contribution is 7.89. The second kappa shape index (κ2) is 7.47. The second-order valence-electron chi connectivity index (χ2n) is 6.38. The Balaban J connectivity index is 1.50. The van der Waals surface area contributed by atoms with E-state index in [1.165, 1.54) is 0 Å². The molecule has 26 heavy (non-hydrogen) atoms. The van der Waals surface area contributed by atoms with E-state index in [2.05, 4.69) is 10.0 Å². The Labute approximate surface area is 153 Å². The summed E-state index contributed by atoms with van der Waals surface area (Å²) in [6.45, 7) is 3.91. The molecule has 2 aromatic rings. The number of hydrogen-bond donors (Lipinski definition) is 2. The van der Waals surface area contributed by atoms with Crippen molar-refractivity contribution in [1.82, 2.24) is 10.0 Å². The zero-order valence-electron chi connectivity index (χ0n) is 14.8. The molecule has 1 heterocycles. The summed E-state index contributed by atoms with van der Waals surface area (Å²) in [6.07, 6.45) is -0.0426. The number of amides is 1. The van der Waals surface area contributed by atoms with Crippen LogP contribution in [0, 0.1) is 13.8 Å². The minimum Gasteiger partial charge on any atom is -0.480 e. The van der Waals surface area contributed by atoms with Gasteiger partial charge in [-0.3, -0.25) is 4.79 Å². The zero-order chi connectivity index (χ0) is 18.7. The van der Waals surface area contributed by atoms with Gasteiger partial charge in [0.25, 0.3) is 5.91 Å². The molecule has 1 aliphatic rings. The van der Waals surface area contributed by atoms with E-state index in [1.807, 2.05) is 37.3 Å². The molecule has 0 aromatic heterocycles. The quantitative estimate of drug-likeness (QED) is 0.754. The third-order valence-electron chi connectivity index (χ3n) is 4.29. The molecule has 0 radical (unpaired) electrons. The SMILES string of the molecule is Cc1ccc(C)c(S(=O)(=O)NCCNC(=O)[C@@H]2Cc3ccccc3O2)c1. The summed E-state index contributed by atoms with van der Waals surface area (Å²) in [6, 6.07) is 12.8. The first-order valence-electron chi connectivity index (χ1n) is 8.46. The van der Waals surface area contributed by atoms with Crippen LogP contribution in [0.2, 0.25) is 0 Å². The average molecular weight is 374 g/mol. The van der Waals surface area contributed by atoms with Crippen LogP contribution in [0.25, 0.3) is 0 Å². The Morgan fingerprint density at radius 2 is 1.92 bits per heavy atom. The minimum atomic E-state index is -3.61. The largest absolute Gasteiger partial charge is 0.480 e.